The fourth-order valence-corrected chi connectivity index (χ4v) is 1.84. The van der Waals surface area contributed by atoms with Crippen molar-refractivity contribution in [2.24, 2.45) is 0 Å². The number of rotatable bonds is 4. The summed E-state index contributed by atoms with van der Waals surface area (Å²) in [4.78, 5) is 11.2. The SMILES string of the molecule is CCC(C)(C)c1ccc(OC(=O)NS(=O)(=O)Cl)cc1. The largest absolute Gasteiger partial charge is 0.427 e. The van der Waals surface area contributed by atoms with Crippen molar-refractivity contribution in [3.63, 3.8) is 0 Å². The Balaban J connectivity index is 2.76. The summed E-state index contributed by atoms with van der Waals surface area (Å²) in [7, 11) is 0.727. The lowest BCUT2D eigenvalue weighted by molar-refractivity contribution is 0.207. The highest BCUT2D eigenvalue weighted by Crippen LogP contribution is 2.28. The molecule has 0 saturated heterocycles. The first-order valence-corrected chi connectivity index (χ1v) is 8.00. The van der Waals surface area contributed by atoms with Gasteiger partial charge in [0.25, 0.3) is 0 Å². The second-order valence-corrected chi connectivity index (χ2v) is 6.99. The van der Waals surface area contributed by atoms with E-state index in [-0.39, 0.29) is 11.2 Å². The highest BCUT2D eigenvalue weighted by Gasteiger charge is 2.18. The van der Waals surface area contributed by atoms with Crippen LogP contribution < -0.4 is 9.46 Å². The highest BCUT2D eigenvalue weighted by atomic mass is 35.7. The lowest BCUT2D eigenvalue weighted by Gasteiger charge is -2.23. The number of carbonyl (C=O) groups excluding carboxylic acids is 1. The molecular weight excluding hydrogens is 290 g/mol. The predicted molar refractivity (Wildman–Crippen MR) is 73.7 cm³/mol. The summed E-state index contributed by atoms with van der Waals surface area (Å²) in [6, 6.07) is 6.88. The molecule has 0 aromatic heterocycles. The molecule has 1 rings (SSSR count). The second kappa shape index (κ2) is 5.79. The van der Waals surface area contributed by atoms with E-state index >= 15 is 0 Å². The molecule has 5 nitrogen and oxygen atoms in total. The Morgan fingerprint density at radius 1 is 1.32 bits per heavy atom. The van der Waals surface area contributed by atoms with Crippen LogP contribution in [-0.2, 0) is 14.7 Å². The molecule has 0 bridgehead atoms. The summed E-state index contributed by atoms with van der Waals surface area (Å²) in [6.07, 6.45) is -0.171. The summed E-state index contributed by atoms with van der Waals surface area (Å²) < 4.78 is 27.5. The van der Waals surface area contributed by atoms with Gasteiger partial charge in [0.2, 0.25) is 0 Å². The van der Waals surface area contributed by atoms with Crippen LogP contribution in [0.3, 0.4) is 0 Å². The van der Waals surface area contributed by atoms with E-state index in [1.54, 1.807) is 12.1 Å². The van der Waals surface area contributed by atoms with Crippen LogP contribution >= 0.6 is 10.7 Å². The first kappa shape index (κ1) is 15.8. The third-order valence-corrected chi connectivity index (χ3v) is 3.58. The molecule has 1 aromatic rings. The van der Waals surface area contributed by atoms with Crippen LogP contribution in [0.1, 0.15) is 32.8 Å². The van der Waals surface area contributed by atoms with E-state index < -0.39 is 15.3 Å². The summed E-state index contributed by atoms with van der Waals surface area (Å²) in [5.74, 6) is 0.244. The Hall–Kier alpha value is -1.27. The minimum atomic E-state index is -4.13. The molecule has 0 aliphatic carbocycles. The number of ether oxygens (including phenoxy) is 1. The van der Waals surface area contributed by atoms with Crippen molar-refractivity contribution < 1.29 is 17.9 Å². The molecule has 0 atom stereocenters. The number of amides is 1. The topological polar surface area (TPSA) is 72.5 Å². The van der Waals surface area contributed by atoms with E-state index in [4.69, 9.17) is 15.4 Å². The molecule has 0 unspecified atom stereocenters. The van der Waals surface area contributed by atoms with Gasteiger partial charge in [0.05, 0.1) is 0 Å². The van der Waals surface area contributed by atoms with Crippen LogP contribution in [0.15, 0.2) is 24.3 Å². The van der Waals surface area contributed by atoms with E-state index in [1.807, 2.05) is 12.1 Å². The first-order valence-electron chi connectivity index (χ1n) is 5.69. The Labute approximate surface area is 117 Å². The molecule has 0 aliphatic rings. The van der Waals surface area contributed by atoms with E-state index in [2.05, 4.69) is 20.8 Å². The van der Waals surface area contributed by atoms with Gasteiger partial charge in [0.1, 0.15) is 5.75 Å². The lowest BCUT2D eigenvalue weighted by atomic mass is 9.82. The molecular formula is C12H16ClNO4S. The minimum absolute atomic E-state index is 0.0280. The fourth-order valence-electron chi connectivity index (χ4n) is 1.41. The van der Waals surface area contributed by atoms with E-state index in [1.165, 1.54) is 4.72 Å². The zero-order valence-electron chi connectivity index (χ0n) is 10.9. The highest BCUT2D eigenvalue weighted by molar-refractivity contribution is 8.12. The molecule has 1 N–H and O–H groups in total. The summed E-state index contributed by atoms with van der Waals surface area (Å²) >= 11 is 0. The number of benzene rings is 1. The van der Waals surface area contributed by atoms with Gasteiger partial charge in [-0.25, -0.2) is 9.52 Å². The van der Waals surface area contributed by atoms with Gasteiger partial charge in [-0.3, -0.25) is 0 Å². The summed E-state index contributed by atoms with van der Waals surface area (Å²) in [5, 5.41) is 0. The smallest absolute Gasteiger partial charge is 0.410 e. The van der Waals surface area contributed by atoms with Gasteiger partial charge in [-0.2, -0.15) is 8.42 Å². The van der Waals surface area contributed by atoms with Crippen molar-refractivity contribution in [3.05, 3.63) is 29.8 Å². The molecule has 0 saturated carbocycles. The molecule has 0 radical (unpaired) electrons. The van der Waals surface area contributed by atoms with Crippen LogP contribution in [0.5, 0.6) is 5.75 Å². The molecule has 0 spiro atoms. The van der Waals surface area contributed by atoms with Crippen molar-refractivity contribution in [1.29, 1.82) is 0 Å². The number of hydrogen-bond donors (Lipinski definition) is 1. The van der Waals surface area contributed by atoms with Gasteiger partial charge < -0.3 is 4.74 Å². The van der Waals surface area contributed by atoms with Crippen molar-refractivity contribution in [1.82, 2.24) is 4.72 Å². The van der Waals surface area contributed by atoms with Gasteiger partial charge in [-0.1, -0.05) is 32.9 Å². The Morgan fingerprint density at radius 2 is 1.84 bits per heavy atom. The Kier molecular flexibility index (Phi) is 4.81. The van der Waals surface area contributed by atoms with Gasteiger partial charge in [-0.15, -0.1) is 0 Å². The fraction of sp³-hybridized carbons (Fsp3) is 0.417. The standard InChI is InChI=1S/C12H16ClNO4S/c1-4-12(2,3)9-5-7-10(8-6-9)18-11(15)14-19(13,16)17/h5-8H,4H2,1-3H3,(H,14,15). The van der Waals surface area contributed by atoms with Crippen LogP contribution in [-0.4, -0.2) is 14.5 Å². The van der Waals surface area contributed by atoms with Crippen LogP contribution in [0.25, 0.3) is 0 Å². The molecule has 0 fully saturated rings. The van der Waals surface area contributed by atoms with Gasteiger partial charge in [-0.05, 0) is 29.5 Å². The van der Waals surface area contributed by atoms with Crippen molar-refractivity contribution >= 4 is 26.0 Å². The van der Waals surface area contributed by atoms with Crippen molar-refractivity contribution in [2.45, 2.75) is 32.6 Å². The normalized spacial score (nSPS) is 12.0. The number of hydrogen-bond acceptors (Lipinski definition) is 4. The Morgan fingerprint density at radius 3 is 2.26 bits per heavy atom. The molecule has 0 heterocycles. The molecule has 7 heteroatoms. The second-order valence-electron chi connectivity index (χ2n) is 4.69. The van der Waals surface area contributed by atoms with E-state index in [0.717, 1.165) is 12.0 Å². The van der Waals surface area contributed by atoms with E-state index in [0.29, 0.717) is 0 Å². The minimum Gasteiger partial charge on any atom is -0.410 e. The zero-order valence-corrected chi connectivity index (χ0v) is 12.5. The van der Waals surface area contributed by atoms with Crippen LogP contribution in [0, 0.1) is 0 Å². The first-order chi connectivity index (χ1) is 8.64. The monoisotopic (exact) mass is 305 g/mol. The van der Waals surface area contributed by atoms with Crippen LogP contribution in [0.4, 0.5) is 4.79 Å². The zero-order chi connectivity index (χ0) is 14.7. The molecule has 106 valence electrons. The Bertz CT molecular complexity index is 552. The molecule has 19 heavy (non-hydrogen) atoms. The quantitative estimate of drug-likeness (QED) is 0.868. The average molecular weight is 306 g/mol. The van der Waals surface area contributed by atoms with Gasteiger partial charge >= 0.3 is 15.3 Å². The van der Waals surface area contributed by atoms with Crippen LogP contribution in [0.2, 0.25) is 0 Å². The maximum Gasteiger partial charge on any atom is 0.427 e. The maximum absolute atomic E-state index is 11.2. The molecule has 1 amide bonds. The summed E-state index contributed by atoms with van der Waals surface area (Å²) in [5.41, 5.74) is 1.13. The average Bonchev–Trinajstić information content (AvgIpc) is 2.27. The predicted octanol–water partition coefficient (Wildman–Crippen LogP) is 2.95. The number of nitrogens with one attached hydrogen (secondary N) is 1. The lowest BCUT2D eigenvalue weighted by Crippen LogP contribution is -2.29. The molecule has 1 aromatic carbocycles. The maximum atomic E-state index is 11.2. The van der Waals surface area contributed by atoms with Crippen molar-refractivity contribution in [2.75, 3.05) is 0 Å². The number of carbonyl (C=O) groups is 1. The van der Waals surface area contributed by atoms with Gasteiger partial charge in [0, 0.05) is 10.7 Å². The third kappa shape index (κ3) is 5.08. The van der Waals surface area contributed by atoms with Gasteiger partial charge in [0.15, 0.2) is 0 Å². The van der Waals surface area contributed by atoms with Crippen molar-refractivity contribution in [3.8, 4) is 5.75 Å². The van der Waals surface area contributed by atoms with E-state index in [9.17, 15) is 13.2 Å². The molecule has 0 aliphatic heterocycles. The summed E-state index contributed by atoms with van der Waals surface area (Å²) in [6.45, 7) is 6.30. The number of halogens is 1. The third-order valence-electron chi connectivity index (χ3n) is 2.94.